The summed E-state index contributed by atoms with van der Waals surface area (Å²) in [6.45, 7) is 0. The monoisotopic (exact) mass is 226 g/mol. The Kier molecular flexibility index (Phi) is 2.22. The maximum absolute atomic E-state index is 5.25. The number of hydrogen-bond donors (Lipinski definition) is 1. The molecule has 1 N–H and O–H groups in total. The second kappa shape index (κ2) is 3.86. The van der Waals surface area contributed by atoms with Gasteiger partial charge in [0.1, 0.15) is 0 Å². The van der Waals surface area contributed by atoms with Gasteiger partial charge in [-0.2, -0.15) is 0 Å². The lowest BCUT2D eigenvalue weighted by atomic mass is 10.1. The highest BCUT2D eigenvalue weighted by Crippen LogP contribution is 2.31. The maximum atomic E-state index is 5.25. The zero-order valence-electron chi connectivity index (χ0n) is 9.21. The number of rotatable bonds is 2. The van der Waals surface area contributed by atoms with E-state index in [1.54, 1.807) is 32.0 Å². The van der Waals surface area contributed by atoms with Crippen molar-refractivity contribution in [3.8, 4) is 17.0 Å². The molecule has 5 nitrogen and oxygen atoms in total. The van der Waals surface area contributed by atoms with Gasteiger partial charge < -0.3 is 9.72 Å². The van der Waals surface area contributed by atoms with Crippen molar-refractivity contribution in [3.63, 3.8) is 0 Å². The molecular formula is C12H10N4O. The average molecular weight is 226 g/mol. The molecule has 3 heterocycles. The summed E-state index contributed by atoms with van der Waals surface area (Å²) in [5.41, 5.74) is 3.56. The van der Waals surface area contributed by atoms with Crippen LogP contribution in [0.3, 0.4) is 0 Å². The van der Waals surface area contributed by atoms with Crippen LogP contribution in [0.15, 0.2) is 37.1 Å². The van der Waals surface area contributed by atoms with Gasteiger partial charge in [-0.15, -0.1) is 0 Å². The molecule has 0 fully saturated rings. The first-order valence-corrected chi connectivity index (χ1v) is 5.16. The molecule has 0 radical (unpaired) electrons. The van der Waals surface area contributed by atoms with Gasteiger partial charge in [0.15, 0.2) is 0 Å². The van der Waals surface area contributed by atoms with Crippen LogP contribution >= 0.6 is 0 Å². The fourth-order valence-electron chi connectivity index (χ4n) is 1.82. The molecule has 3 aromatic heterocycles. The third-order valence-electron chi connectivity index (χ3n) is 2.59. The summed E-state index contributed by atoms with van der Waals surface area (Å²) in [5.74, 6) is 0.574. The number of nitrogens with one attached hydrogen (secondary N) is 1. The van der Waals surface area contributed by atoms with Crippen LogP contribution in [-0.2, 0) is 0 Å². The van der Waals surface area contributed by atoms with Crippen molar-refractivity contribution in [3.05, 3.63) is 37.1 Å². The average Bonchev–Trinajstić information content (AvgIpc) is 2.86. The van der Waals surface area contributed by atoms with E-state index in [1.807, 2.05) is 12.1 Å². The standard InChI is InChI=1S/C12H10N4O/c1-17-12-8(3-2-4-14-12)9-5-13-6-10-11(9)16-7-15-10/h2-7H,1H3,(H,15,16). The first-order chi connectivity index (χ1) is 8.40. The summed E-state index contributed by atoms with van der Waals surface area (Å²) in [7, 11) is 1.60. The number of hydrogen-bond acceptors (Lipinski definition) is 4. The molecule has 0 saturated carbocycles. The Morgan fingerprint density at radius 2 is 2.12 bits per heavy atom. The Balaban J connectivity index is 2.30. The van der Waals surface area contributed by atoms with Crippen molar-refractivity contribution in [2.45, 2.75) is 0 Å². The molecule has 3 aromatic rings. The van der Waals surface area contributed by atoms with Gasteiger partial charge in [-0.25, -0.2) is 9.97 Å². The third kappa shape index (κ3) is 1.52. The molecule has 3 rings (SSSR count). The largest absolute Gasteiger partial charge is 0.481 e. The molecule has 5 heteroatoms. The van der Waals surface area contributed by atoms with Crippen LogP contribution in [0.1, 0.15) is 0 Å². The number of ether oxygens (including phenoxy) is 1. The maximum Gasteiger partial charge on any atom is 0.221 e. The van der Waals surface area contributed by atoms with Crippen LogP contribution in [0.5, 0.6) is 5.88 Å². The van der Waals surface area contributed by atoms with Crippen molar-refractivity contribution >= 4 is 11.0 Å². The van der Waals surface area contributed by atoms with Crippen LogP contribution < -0.4 is 4.74 Å². The summed E-state index contributed by atoms with van der Waals surface area (Å²) in [6, 6.07) is 3.81. The number of H-pyrrole nitrogens is 1. The van der Waals surface area contributed by atoms with Gasteiger partial charge >= 0.3 is 0 Å². The quantitative estimate of drug-likeness (QED) is 0.726. The Hall–Kier alpha value is -2.43. The normalized spacial score (nSPS) is 10.6. The summed E-state index contributed by atoms with van der Waals surface area (Å²) in [6.07, 6.45) is 6.86. The minimum atomic E-state index is 0.574. The number of pyridine rings is 2. The molecule has 84 valence electrons. The van der Waals surface area contributed by atoms with E-state index in [0.717, 1.165) is 22.2 Å². The lowest BCUT2D eigenvalue weighted by molar-refractivity contribution is 0.399. The predicted octanol–water partition coefficient (Wildman–Crippen LogP) is 2.03. The van der Waals surface area contributed by atoms with Crippen molar-refractivity contribution < 1.29 is 4.74 Å². The van der Waals surface area contributed by atoms with Crippen molar-refractivity contribution in [2.75, 3.05) is 7.11 Å². The fourth-order valence-corrected chi connectivity index (χ4v) is 1.82. The van der Waals surface area contributed by atoms with E-state index in [4.69, 9.17) is 4.74 Å². The first kappa shape index (κ1) is 9.77. The summed E-state index contributed by atoms with van der Waals surface area (Å²) < 4.78 is 5.25. The van der Waals surface area contributed by atoms with E-state index in [0.29, 0.717) is 5.88 Å². The fraction of sp³-hybridized carbons (Fsp3) is 0.0833. The van der Waals surface area contributed by atoms with Crippen molar-refractivity contribution in [2.24, 2.45) is 0 Å². The molecule has 17 heavy (non-hydrogen) atoms. The van der Waals surface area contributed by atoms with Crippen LogP contribution in [0, 0.1) is 0 Å². The molecule has 0 spiro atoms. The smallest absolute Gasteiger partial charge is 0.221 e. The molecule has 0 atom stereocenters. The highest BCUT2D eigenvalue weighted by Gasteiger charge is 2.11. The second-order valence-electron chi connectivity index (χ2n) is 3.55. The van der Waals surface area contributed by atoms with E-state index in [-0.39, 0.29) is 0 Å². The van der Waals surface area contributed by atoms with E-state index < -0.39 is 0 Å². The topological polar surface area (TPSA) is 63.7 Å². The molecule has 0 saturated heterocycles. The molecule has 0 bridgehead atoms. The summed E-state index contributed by atoms with van der Waals surface area (Å²) in [5, 5.41) is 0. The molecular weight excluding hydrogens is 216 g/mol. The van der Waals surface area contributed by atoms with Gasteiger partial charge in [-0.05, 0) is 12.1 Å². The molecule has 0 aliphatic heterocycles. The van der Waals surface area contributed by atoms with Crippen molar-refractivity contribution in [1.29, 1.82) is 0 Å². The minimum absolute atomic E-state index is 0.574. The van der Waals surface area contributed by atoms with Gasteiger partial charge in [0.25, 0.3) is 0 Å². The van der Waals surface area contributed by atoms with E-state index in [2.05, 4.69) is 19.9 Å². The molecule has 0 amide bonds. The lowest BCUT2D eigenvalue weighted by Crippen LogP contribution is -1.92. The van der Waals surface area contributed by atoms with Gasteiger partial charge in [0.05, 0.1) is 30.7 Å². The number of nitrogens with zero attached hydrogens (tertiary/aromatic N) is 3. The number of aromatic nitrogens is 4. The molecule has 0 aliphatic carbocycles. The van der Waals surface area contributed by atoms with Gasteiger partial charge in [-0.1, -0.05) is 0 Å². The third-order valence-corrected chi connectivity index (χ3v) is 2.59. The number of fused-ring (bicyclic) bond motifs is 1. The zero-order chi connectivity index (χ0) is 11.7. The second-order valence-corrected chi connectivity index (χ2v) is 3.55. The highest BCUT2D eigenvalue weighted by molar-refractivity contribution is 5.91. The van der Waals surface area contributed by atoms with E-state index >= 15 is 0 Å². The van der Waals surface area contributed by atoms with Gasteiger partial charge in [0, 0.05) is 23.5 Å². The predicted molar refractivity (Wildman–Crippen MR) is 63.7 cm³/mol. The lowest BCUT2D eigenvalue weighted by Gasteiger charge is -2.06. The van der Waals surface area contributed by atoms with Crippen LogP contribution in [-0.4, -0.2) is 27.0 Å². The highest BCUT2D eigenvalue weighted by atomic mass is 16.5. The molecule has 0 aromatic carbocycles. The minimum Gasteiger partial charge on any atom is -0.481 e. The molecule has 0 aliphatic rings. The summed E-state index contributed by atoms with van der Waals surface area (Å²) >= 11 is 0. The van der Waals surface area contributed by atoms with E-state index in [1.165, 1.54) is 0 Å². The van der Waals surface area contributed by atoms with Gasteiger partial charge in [0.2, 0.25) is 5.88 Å². The summed E-state index contributed by atoms with van der Waals surface area (Å²) in [4.78, 5) is 15.7. The SMILES string of the molecule is COc1ncccc1-c1cncc2[nH]cnc12. The Morgan fingerprint density at radius 1 is 1.18 bits per heavy atom. The Bertz CT molecular complexity index is 662. The zero-order valence-corrected chi connectivity index (χ0v) is 9.21. The van der Waals surface area contributed by atoms with Crippen molar-refractivity contribution in [1.82, 2.24) is 19.9 Å². The number of methoxy groups -OCH3 is 1. The molecule has 0 unspecified atom stereocenters. The Labute approximate surface area is 97.5 Å². The number of imidazole rings is 1. The van der Waals surface area contributed by atoms with Gasteiger partial charge in [-0.3, -0.25) is 4.98 Å². The van der Waals surface area contributed by atoms with E-state index in [9.17, 15) is 0 Å². The van der Waals surface area contributed by atoms with Crippen LogP contribution in [0.2, 0.25) is 0 Å². The first-order valence-electron chi connectivity index (χ1n) is 5.16. The Morgan fingerprint density at radius 3 is 3.00 bits per heavy atom. The number of aromatic amines is 1. The van der Waals surface area contributed by atoms with Crippen LogP contribution in [0.25, 0.3) is 22.2 Å². The van der Waals surface area contributed by atoms with Crippen LogP contribution in [0.4, 0.5) is 0 Å².